The Kier molecular flexibility index (Phi) is 5.76. The number of aromatic nitrogens is 1. The van der Waals surface area contributed by atoms with Crippen LogP contribution in [0.1, 0.15) is 29.1 Å². The van der Waals surface area contributed by atoms with Crippen LogP contribution in [-0.2, 0) is 0 Å². The van der Waals surface area contributed by atoms with Crippen LogP contribution in [-0.4, -0.2) is 10.1 Å². The highest BCUT2D eigenvalue weighted by Crippen LogP contribution is 2.43. The zero-order chi connectivity index (χ0) is 22.2. The molecule has 0 aliphatic carbocycles. The molecule has 1 N–H and O–H groups in total. The summed E-state index contributed by atoms with van der Waals surface area (Å²) in [5.74, 6) is 1.57. The van der Waals surface area contributed by atoms with Gasteiger partial charge in [0.1, 0.15) is 17.6 Å². The van der Waals surface area contributed by atoms with Crippen molar-refractivity contribution in [2.45, 2.75) is 19.0 Å². The molecule has 1 saturated heterocycles. The van der Waals surface area contributed by atoms with Gasteiger partial charge < -0.3 is 14.6 Å². The van der Waals surface area contributed by atoms with Gasteiger partial charge in [0.15, 0.2) is 5.11 Å². The number of rotatable bonds is 4. The summed E-state index contributed by atoms with van der Waals surface area (Å²) >= 11 is 15.6. The molecule has 4 aromatic rings. The summed E-state index contributed by atoms with van der Waals surface area (Å²) in [4.78, 5) is 6.68. The lowest BCUT2D eigenvalue weighted by Gasteiger charge is -2.26. The van der Waals surface area contributed by atoms with Gasteiger partial charge in [-0.2, -0.15) is 0 Å². The molecule has 1 fully saturated rings. The van der Waals surface area contributed by atoms with Gasteiger partial charge in [-0.3, -0.25) is 4.98 Å². The topological polar surface area (TPSA) is 41.3 Å². The molecule has 1 aliphatic heterocycles. The van der Waals surface area contributed by atoms with Crippen molar-refractivity contribution in [2.24, 2.45) is 0 Å². The zero-order valence-corrected chi connectivity index (χ0v) is 20.3. The predicted octanol–water partition coefficient (Wildman–Crippen LogP) is 7.24. The van der Waals surface area contributed by atoms with Crippen LogP contribution in [0.4, 0.5) is 5.69 Å². The molecule has 0 saturated carbocycles. The van der Waals surface area contributed by atoms with Crippen LogP contribution in [0, 0.1) is 6.92 Å². The number of anilines is 1. The first-order valence-electron chi connectivity index (χ1n) is 10.1. The van der Waals surface area contributed by atoms with Gasteiger partial charge in [-0.15, -0.1) is 0 Å². The summed E-state index contributed by atoms with van der Waals surface area (Å²) in [7, 11) is 0. The highest BCUT2D eigenvalue weighted by Gasteiger charge is 2.42. The van der Waals surface area contributed by atoms with Crippen molar-refractivity contribution >= 4 is 50.5 Å². The van der Waals surface area contributed by atoms with Crippen molar-refractivity contribution in [2.75, 3.05) is 4.90 Å². The lowest BCUT2D eigenvalue weighted by atomic mass is 10.0. The van der Waals surface area contributed by atoms with E-state index in [1.165, 1.54) is 0 Å². The minimum Gasteiger partial charge on any atom is -0.459 e. The molecule has 2 aromatic carbocycles. The molecule has 4 nitrogen and oxygen atoms in total. The fourth-order valence-corrected chi connectivity index (χ4v) is 4.84. The average molecular weight is 525 g/mol. The van der Waals surface area contributed by atoms with Crippen LogP contribution >= 0.6 is 39.7 Å². The molecular weight excluding hydrogens is 506 g/mol. The number of hydrogen-bond donors (Lipinski definition) is 1. The van der Waals surface area contributed by atoms with Crippen molar-refractivity contribution in [1.29, 1.82) is 0 Å². The first kappa shape index (κ1) is 21.2. The third-order valence-corrected chi connectivity index (χ3v) is 6.91. The lowest BCUT2D eigenvalue weighted by molar-refractivity contribution is 0.439. The summed E-state index contributed by atoms with van der Waals surface area (Å²) in [6.07, 6.45) is 1.79. The third-order valence-electron chi connectivity index (χ3n) is 5.65. The van der Waals surface area contributed by atoms with Gasteiger partial charge in [-0.25, -0.2) is 0 Å². The molecule has 2 aromatic heterocycles. The van der Waals surface area contributed by atoms with Gasteiger partial charge in [0.05, 0.1) is 11.7 Å². The van der Waals surface area contributed by atoms with Crippen LogP contribution in [0.3, 0.4) is 0 Å². The molecule has 3 heterocycles. The molecular formula is C25H19BrClN3OS. The molecule has 1 aliphatic rings. The summed E-state index contributed by atoms with van der Waals surface area (Å²) in [6.45, 7) is 2.00. The molecule has 32 heavy (non-hydrogen) atoms. The second-order valence-electron chi connectivity index (χ2n) is 7.59. The Bertz CT molecular complexity index is 1280. The van der Waals surface area contributed by atoms with Gasteiger partial charge >= 0.3 is 0 Å². The van der Waals surface area contributed by atoms with Crippen LogP contribution in [0.2, 0.25) is 5.02 Å². The van der Waals surface area contributed by atoms with Crippen molar-refractivity contribution in [1.82, 2.24) is 10.3 Å². The second-order valence-corrected chi connectivity index (χ2v) is 9.30. The van der Waals surface area contributed by atoms with E-state index >= 15 is 0 Å². The maximum Gasteiger partial charge on any atom is 0.174 e. The first-order chi connectivity index (χ1) is 15.5. The molecule has 0 spiro atoms. The SMILES string of the molecule is Cc1c(Cl)cccc1-c1ccc([C@H]2[C@@H](c3ccccn3)NC(=S)N2c2ccc(Br)cc2)o1. The normalized spacial score (nSPS) is 18.1. The number of halogens is 2. The summed E-state index contributed by atoms with van der Waals surface area (Å²) < 4.78 is 7.44. The van der Waals surface area contributed by atoms with Crippen LogP contribution < -0.4 is 10.2 Å². The number of pyridine rings is 1. The van der Waals surface area contributed by atoms with E-state index in [2.05, 4.69) is 31.1 Å². The van der Waals surface area contributed by atoms with E-state index in [-0.39, 0.29) is 12.1 Å². The number of hydrogen-bond acceptors (Lipinski definition) is 3. The maximum absolute atomic E-state index is 6.43. The Morgan fingerprint density at radius 3 is 2.59 bits per heavy atom. The van der Waals surface area contributed by atoms with Crippen molar-refractivity contribution in [3.8, 4) is 11.3 Å². The molecule has 2 atom stereocenters. The number of nitrogens with zero attached hydrogens (tertiary/aromatic N) is 2. The summed E-state index contributed by atoms with van der Waals surface area (Å²) in [5, 5.41) is 4.80. The monoisotopic (exact) mass is 523 g/mol. The second kappa shape index (κ2) is 8.70. The van der Waals surface area contributed by atoms with Gasteiger partial charge in [0, 0.05) is 26.9 Å². The molecule has 0 unspecified atom stereocenters. The van der Waals surface area contributed by atoms with E-state index in [9.17, 15) is 0 Å². The smallest absolute Gasteiger partial charge is 0.174 e. The Balaban J connectivity index is 1.61. The average Bonchev–Trinajstić information content (AvgIpc) is 3.41. The first-order valence-corrected chi connectivity index (χ1v) is 11.7. The fourth-order valence-electron chi connectivity index (χ4n) is 4.05. The minimum absolute atomic E-state index is 0.160. The molecule has 7 heteroatoms. The number of benzene rings is 2. The van der Waals surface area contributed by atoms with Crippen molar-refractivity contribution in [3.63, 3.8) is 0 Å². The zero-order valence-electron chi connectivity index (χ0n) is 17.1. The maximum atomic E-state index is 6.43. The number of furan rings is 1. The Hall–Kier alpha value is -2.67. The van der Waals surface area contributed by atoms with Gasteiger partial charge in [0.2, 0.25) is 0 Å². The Labute approximate surface area is 205 Å². The van der Waals surface area contributed by atoms with Gasteiger partial charge in [-0.05, 0) is 79.3 Å². The molecule has 160 valence electrons. The van der Waals surface area contributed by atoms with Crippen LogP contribution in [0.15, 0.2) is 87.9 Å². The minimum atomic E-state index is -0.202. The van der Waals surface area contributed by atoms with E-state index in [1.54, 1.807) is 6.20 Å². The largest absolute Gasteiger partial charge is 0.459 e. The van der Waals surface area contributed by atoms with E-state index in [0.717, 1.165) is 38.5 Å². The molecule has 0 radical (unpaired) electrons. The summed E-state index contributed by atoms with van der Waals surface area (Å²) in [6, 6.07) is 23.5. The fraction of sp³-hybridized carbons (Fsp3) is 0.120. The van der Waals surface area contributed by atoms with Gasteiger partial charge in [0.25, 0.3) is 0 Å². The highest BCUT2D eigenvalue weighted by molar-refractivity contribution is 9.10. The van der Waals surface area contributed by atoms with E-state index in [4.69, 9.17) is 28.2 Å². The Morgan fingerprint density at radius 2 is 1.84 bits per heavy atom. The van der Waals surface area contributed by atoms with E-state index in [0.29, 0.717) is 10.1 Å². The van der Waals surface area contributed by atoms with Crippen molar-refractivity contribution < 1.29 is 4.42 Å². The van der Waals surface area contributed by atoms with E-state index < -0.39 is 0 Å². The van der Waals surface area contributed by atoms with Gasteiger partial charge in [-0.1, -0.05) is 45.7 Å². The third kappa shape index (κ3) is 3.83. The highest BCUT2D eigenvalue weighted by atomic mass is 79.9. The van der Waals surface area contributed by atoms with Crippen LogP contribution in [0.25, 0.3) is 11.3 Å². The lowest BCUT2D eigenvalue weighted by Crippen LogP contribution is -2.29. The Morgan fingerprint density at radius 1 is 1.03 bits per heavy atom. The van der Waals surface area contributed by atoms with Crippen LogP contribution in [0.5, 0.6) is 0 Å². The molecule has 0 bridgehead atoms. The molecule has 0 amide bonds. The number of nitrogens with one attached hydrogen (secondary N) is 1. The van der Waals surface area contributed by atoms with Crippen molar-refractivity contribution in [3.05, 3.63) is 106 Å². The predicted molar refractivity (Wildman–Crippen MR) is 136 cm³/mol. The van der Waals surface area contributed by atoms with E-state index in [1.807, 2.05) is 79.7 Å². The standard InChI is InChI=1S/C25H19BrClN3OS/c1-15-18(5-4-6-19(15)27)21-12-13-22(31-21)24-23(20-7-2-3-14-28-20)29-25(32)30(24)17-10-8-16(26)9-11-17/h2-14,23-24H,1H3,(H,29,32)/t23-,24+/m1/s1. The summed E-state index contributed by atoms with van der Waals surface area (Å²) in [5.41, 5.74) is 3.84. The number of thiocarbonyl (C=S) groups is 1. The molecule has 5 rings (SSSR count). The quantitative estimate of drug-likeness (QED) is 0.285.